The van der Waals surface area contributed by atoms with Crippen LogP contribution in [0.3, 0.4) is 0 Å². The Balaban J connectivity index is 1.68. The Bertz CT molecular complexity index is 1220. The summed E-state index contributed by atoms with van der Waals surface area (Å²) >= 11 is 0.918. The lowest BCUT2D eigenvalue weighted by Gasteiger charge is -2.21. The number of non-ortho nitro benzene ring substituents is 1. The first kappa shape index (κ1) is 19.0. The first-order valence-electron chi connectivity index (χ1n) is 8.14. The van der Waals surface area contributed by atoms with Gasteiger partial charge >= 0.3 is 5.97 Å². The molecule has 0 bridgehead atoms. The SMILES string of the molecule is Cc1ccc(N2NOC(=O)C2S(=O)(=O)Nc2nc3c([N+](=O)[O-])cccc3s2)cc1. The van der Waals surface area contributed by atoms with Crippen molar-refractivity contribution in [2.75, 3.05) is 9.73 Å². The van der Waals surface area contributed by atoms with Gasteiger partial charge in [-0.05, 0) is 25.1 Å². The third-order valence-corrected chi connectivity index (χ3v) is 6.64. The van der Waals surface area contributed by atoms with Crippen molar-refractivity contribution in [2.45, 2.75) is 12.3 Å². The third kappa shape index (κ3) is 3.46. The Labute approximate surface area is 168 Å². The summed E-state index contributed by atoms with van der Waals surface area (Å²) in [6.07, 6.45) is 0. The summed E-state index contributed by atoms with van der Waals surface area (Å²) in [6, 6.07) is 11.1. The highest BCUT2D eigenvalue weighted by Gasteiger charge is 2.46. The largest absolute Gasteiger partial charge is 0.368 e. The molecule has 1 saturated heterocycles. The molecule has 1 aromatic heterocycles. The number of thiazole rings is 1. The maximum absolute atomic E-state index is 12.9. The van der Waals surface area contributed by atoms with E-state index in [0.29, 0.717) is 10.4 Å². The normalized spacial score (nSPS) is 16.8. The molecule has 1 aliphatic heterocycles. The van der Waals surface area contributed by atoms with Gasteiger partial charge in [0.25, 0.3) is 21.1 Å². The Morgan fingerprint density at radius 3 is 2.69 bits per heavy atom. The van der Waals surface area contributed by atoms with Gasteiger partial charge in [-0.2, -0.15) is 0 Å². The summed E-state index contributed by atoms with van der Waals surface area (Å²) in [5.41, 5.74) is 3.46. The average Bonchev–Trinajstić information content (AvgIpc) is 3.24. The summed E-state index contributed by atoms with van der Waals surface area (Å²) in [4.78, 5) is 31.4. The summed E-state index contributed by atoms with van der Waals surface area (Å²) in [5.74, 6) is -1.02. The number of nitro benzene ring substituents is 1. The van der Waals surface area contributed by atoms with Crippen molar-refractivity contribution in [3.8, 4) is 0 Å². The summed E-state index contributed by atoms with van der Waals surface area (Å²) in [5, 5.41) is 10.4. The highest BCUT2D eigenvalue weighted by Crippen LogP contribution is 2.33. The molecule has 150 valence electrons. The summed E-state index contributed by atoms with van der Waals surface area (Å²) < 4.78 is 28.5. The molecule has 13 heteroatoms. The molecule has 1 atom stereocenters. The highest BCUT2D eigenvalue weighted by molar-refractivity contribution is 7.94. The van der Waals surface area contributed by atoms with Gasteiger partial charge in [0, 0.05) is 6.07 Å². The van der Waals surface area contributed by atoms with Crippen LogP contribution in [0.1, 0.15) is 5.56 Å². The minimum absolute atomic E-state index is 0.0581. The van der Waals surface area contributed by atoms with Crippen LogP contribution in [0.5, 0.6) is 0 Å². The van der Waals surface area contributed by atoms with Crippen molar-refractivity contribution in [1.82, 2.24) is 10.6 Å². The predicted octanol–water partition coefficient (Wildman–Crippen LogP) is 2.06. The number of anilines is 2. The van der Waals surface area contributed by atoms with Crippen LogP contribution in [0, 0.1) is 17.0 Å². The molecular weight excluding hydrogens is 422 g/mol. The number of nitro groups is 1. The van der Waals surface area contributed by atoms with Crippen LogP contribution < -0.4 is 15.3 Å². The van der Waals surface area contributed by atoms with Crippen molar-refractivity contribution >= 4 is 54.1 Å². The van der Waals surface area contributed by atoms with Crippen molar-refractivity contribution in [2.24, 2.45) is 0 Å². The number of carbonyl (C=O) groups is 1. The van der Waals surface area contributed by atoms with Crippen molar-refractivity contribution in [1.29, 1.82) is 0 Å². The highest BCUT2D eigenvalue weighted by atomic mass is 32.2. The third-order valence-electron chi connectivity index (χ3n) is 4.11. The molecule has 2 aromatic carbocycles. The van der Waals surface area contributed by atoms with Gasteiger partial charge in [-0.25, -0.2) is 23.2 Å². The number of nitrogens with one attached hydrogen (secondary N) is 2. The topological polar surface area (TPSA) is 144 Å². The minimum Gasteiger partial charge on any atom is -0.347 e. The number of hydrogen-bond donors (Lipinski definition) is 2. The van der Waals surface area contributed by atoms with E-state index in [1.165, 1.54) is 12.1 Å². The maximum atomic E-state index is 12.9. The molecule has 1 unspecified atom stereocenters. The standard InChI is InChI=1S/C16H13N5O6S2/c1-9-5-7-10(8-6-9)20-14(15(22)27-19-20)29(25,26)18-16-17-13-11(21(23)24)3-2-4-12(13)28-16/h2-8,14,19H,1H3,(H,17,18). The van der Waals surface area contributed by atoms with E-state index in [1.54, 1.807) is 30.3 Å². The van der Waals surface area contributed by atoms with E-state index in [4.69, 9.17) is 4.84 Å². The van der Waals surface area contributed by atoms with Crippen LogP contribution in [-0.4, -0.2) is 29.7 Å². The number of para-hydroxylation sites is 1. The minimum atomic E-state index is -4.33. The first-order valence-corrected chi connectivity index (χ1v) is 10.5. The summed E-state index contributed by atoms with van der Waals surface area (Å²) in [7, 11) is -4.33. The van der Waals surface area contributed by atoms with E-state index in [2.05, 4.69) is 15.3 Å². The lowest BCUT2D eigenvalue weighted by Crippen LogP contribution is -2.46. The summed E-state index contributed by atoms with van der Waals surface area (Å²) in [6.45, 7) is 1.87. The number of hydrazine groups is 1. The maximum Gasteiger partial charge on any atom is 0.368 e. The molecule has 0 spiro atoms. The van der Waals surface area contributed by atoms with Gasteiger partial charge in [-0.3, -0.25) is 14.8 Å². The van der Waals surface area contributed by atoms with Crippen LogP contribution in [0.15, 0.2) is 42.5 Å². The zero-order valence-electron chi connectivity index (χ0n) is 14.7. The molecule has 0 aliphatic carbocycles. The number of fused-ring (bicyclic) bond motifs is 1. The smallest absolute Gasteiger partial charge is 0.347 e. The van der Waals surface area contributed by atoms with Gasteiger partial charge in [0.1, 0.15) is 0 Å². The number of aryl methyl sites for hydroxylation is 1. The number of hydrogen-bond acceptors (Lipinski definition) is 10. The number of aromatic nitrogens is 1. The number of carbonyl (C=O) groups excluding carboxylic acids is 1. The van der Waals surface area contributed by atoms with E-state index >= 15 is 0 Å². The fourth-order valence-corrected chi connectivity index (χ4v) is 5.16. The molecule has 0 amide bonds. The van der Waals surface area contributed by atoms with Crippen LogP contribution in [0.2, 0.25) is 0 Å². The van der Waals surface area contributed by atoms with Gasteiger partial charge in [-0.15, -0.1) is 0 Å². The van der Waals surface area contributed by atoms with E-state index < -0.39 is 26.3 Å². The number of nitrogens with zero attached hydrogens (tertiary/aromatic N) is 3. The van der Waals surface area contributed by atoms with Gasteiger partial charge in [0.05, 0.1) is 15.3 Å². The van der Waals surface area contributed by atoms with Crippen LogP contribution in [0.4, 0.5) is 16.5 Å². The monoisotopic (exact) mass is 435 g/mol. The van der Waals surface area contributed by atoms with Gasteiger partial charge in [0.2, 0.25) is 0 Å². The fraction of sp³-hybridized carbons (Fsp3) is 0.125. The van der Waals surface area contributed by atoms with E-state index in [0.717, 1.165) is 21.9 Å². The Hall–Kier alpha value is -3.29. The molecule has 1 fully saturated rings. The molecular formula is C16H13N5O6S2. The molecule has 2 N–H and O–H groups in total. The van der Waals surface area contributed by atoms with Gasteiger partial charge < -0.3 is 4.84 Å². The van der Waals surface area contributed by atoms with Gasteiger partial charge in [0.15, 0.2) is 10.6 Å². The van der Waals surface area contributed by atoms with E-state index in [9.17, 15) is 23.3 Å². The molecule has 4 rings (SSSR count). The lowest BCUT2D eigenvalue weighted by atomic mass is 10.2. The first-order chi connectivity index (χ1) is 13.8. The molecule has 29 heavy (non-hydrogen) atoms. The Morgan fingerprint density at radius 1 is 1.28 bits per heavy atom. The number of rotatable bonds is 5. The van der Waals surface area contributed by atoms with Gasteiger partial charge in [-0.1, -0.05) is 40.7 Å². The quantitative estimate of drug-likeness (QED) is 0.454. The van der Waals surface area contributed by atoms with Crippen LogP contribution >= 0.6 is 11.3 Å². The molecule has 11 nitrogen and oxygen atoms in total. The van der Waals surface area contributed by atoms with Crippen molar-refractivity contribution < 1.29 is 23.0 Å². The van der Waals surface area contributed by atoms with E-state index in [1.807, 2.05) is 6.92 Å². The zero-order valence-corrected chi connectivity index (χ0v) is 16.4. The lowest BCUT2D eigenvalue weighted by molar-refractivity contribution is -0.383. The second kappa shape index (κ2) is 6.95. The zero-order chi connectivity index (χ0) is 20.8. The molecule has 0 radical (unpaired) electrons. The Kier molecular flexibility index (Phi) is 4.56. The molecule has 0 saturated carbocycles. The molecule has 2 heterocycles. The fourth-order valence-electron chi connectivity index (χ4n) is 2.76. The van der Waals surface area contributed by atoms with Crippen LogP contribution in [0.25, 0.3) is 10.2 Å². The molecule has 1 aliphatic rings. The van der Waals surface area contributed by atoms with Crippen molar-refractivity contribution in [3.05, 3.63) is 58.1 Å². The van der Waals surface area contributed by atoms with Crippen molar-refractivity contribution in [3.63, 3.8) is 0 Å². The number of sulfonamides is 1. The molecule has 3 aromatic rings. The van der Waals surface area contributed by atoms with Crippen LogP contribution in [-0.2, 0) is 19.7 Å². The predicted molar refractivity (Wildman–Crippen MR) is 105 cm³/mol. The second-order valence-corrected chi connectivity index (χ2v) is 8.89. The average molecular weight is 435 g/mol. The number of benzene rings is 2. The van der Waals surface area contributed by atoms with E-state index in [-0.39, 0.29) is 16.3 Å². The second-order valence-electron chi connectivity index (χ2n) is 6.12. The Morgan fingerprint density at radius 2 is 2.00 bits per heavy atom.